The van der Waals surface area contributed by atoms with E-state index in [1.807, 2.05) is 12.1 Å². The number of anilines is 1. The number of hydrogen-bond donors (Lipinski definition) is 1. The van der Waals surface area contributed by atoms with E-state index in [1.54, 1.807) is 0 Å². The molecule has 19 heavy (non-hydrogen) atoms. The highest BCUT2D eigenvalue weighted by Gasteiger charge is 2.23. The van der Waals surface area contributed by atoms with Crippen LogP contribution in [-0.4, -0.2) is 30.4 Å². The van der Waals surface area contributed by atoms with Gasteiger partial charge in [-0.3, -0.25) is 4.79 Å². The minimum Gasteiger partial charge on any atom is -0.326 e. The average molecular weight is 260 g/mol. The molecule has 1 N–H and O–H groups in total. The zero-order valence-corrected chi connectivity index (χ0v) is 12.1. The molecule has 1 atom stereocenters. The first-order valence-corrected chi connectivity index (χ1v) is 7.16. The van der Waals surface area contributed by atoms with Crippen LogP contribution >= 0.6 is 0 Å². The van der Waals surface area contributed by atoms with Crippen LogP contribution in [0.2, 0.25) is 0 Å². The minimum absolute atomic E-state index is 0.121. The molecule has 1 aliphatic heterocycles. The van der Waals surface area contributed by atoms with Crippen LogP contribution in [0.1, 0.15) is 44.6 Å². The first kappa shape index (κ1) is 14.1. The van der Waals surface area contributed by atoms with Gasteiger partial charge in [-0.1, -0.05) is 26.0 Å². The van der Waals surface area contributed by atoms with Crippen LogP contribution in [0.4, 0.5) is 5.69 Å². The zero-order valence-electron chi connectivity index (χ0n) is 12.1. The lowest BCUT2D eigenvalue weighted by molar-refractivity contribution is -0.117. The number of amides is 1. The van der Waals surface area contributed by atoms with E-state index in [0.29, 0.717) is 18.4 Å². The molecule has 0 aromatic heterocycles. The monoisotopic (exact) mass is 260 g/mol. The van der Waals surface area contributed by atoms with E-state index in [0.717, 1.165) is 18.7 Å². The normalized spacial score (nSPS) is 19.9. The van der Waals surface area contributed by atoms with E-state index in [4.69, 9.17) is 0 Å². The summed E-state index contributed by atoms with van der Waals surface area (Å²) in [5, 5.41) is 2.99. The summed E-state index contributed by atoms with van der Waals surface area (Å²) in [6.45, 7) is 5.45. The highest BCUT2D eigenvalue weighted by atomic mass is 16.1. The van der Waals surface area contributed by atoms with Gasteiger partial charge in [0.1, 0.15) is 0 Å². The number of carbonyl (C=O) groups excluding carboxylic acids is 1. The van der Waals surface area contributed by atoms with Gasteiger partial charge in [0.05, 0.1) is 0 Å². The van der Waals surface area contributed by atoms with E-state index >= 15 is 0 Å². The van der Waals surface area contributed by atoms with Gasteiger partial charge in [-0.05, 0) is 50.0 Å². The average Bonchev–Trinajstić information content (AvgIpc) is 2.75. The van der Waals surface area contributed by atoms with Crippen molar-refractivity contribution in [2.75, 3.05) is 18.9 Å². The number of carbonyl (C=O) groups is 1. The largest absolute Gasteiger partial charge is 0.326 e. The van der Waals surface area contributed by atoms with Crippen LogP contribution in [0.25, 0.3) is 0 Å². The van der Waals surface area contributed by atoms with Crippen molar-refractivity contribution in [1.82, 2.24) is 4.90 Å². The van der Waals surface area contributed by atoms with Gasteiger partial charge in [0, 0.05) is 18.2 Å². The van der Waals surface area contributed by atoms with E-state index in [2.05, 4.69) is 43.2 Å². The fraction of sp³-hybridized carbons (Fsp3) is 0.562. The van der Waals surface area contributed by atoms with Crippen LogP contribution in [0.3, 0.4) is 0 Å². The van der Waals surface area contributed by atoms with Crippen LogP contribution in [0.15, 0.2) is 24.3 Å². The molecule has 1 heterocycles. The lowest BCUT2D eigenvalue weighted by atomic mass is 10.0. The predicted octanol–water partition coefficient (Wildman–Crippen LogP) is 3.23. The van der Waals surface area contributed by atoms with Gasteiger partial charge in [0.25, 0.3) is 0 Å². The molecule has 1 amide bonds. The van der Waals surface area contributed by atoms with Crippen molar-refractivity contribution < 1.29 is 4.79 Å². The second kappa shape index (κ2) is 6.20. The van der Waals surface area contributed by atoms with Crippen molar-refractivity contribution in [3.8, 4) is 0 Å². The van der Waals surface area contributed by atoms with Gasteiger partial charge in [-0.15, -0.1) is 0 Å². The van der Waals surface area contributed by atoms with Crippen molar-refractivity contribution in [2.24, 2.45) is 0 Å². The van der Waals surface area contributed by atoms with E-state index < -0.39 is 0 Å². The first-order chi connectivity index (χ1) is 9.06. The van der Waals surface area contributed by atoms with Crippen molar-refractivity contribution in [3.05, 3.63) is 29.8 Å². The third kappa shape index (κ3) is 3.80. The van der Waals surface area contributed by atoms with Gasteiger partial charge in [-0.2, -0.15) is 0 Å². The molecule has 3 nitrogen and oxygen atoms in total. The number of rotatable bonds is 4. The number of nitrogens with zero attached hydrogens (tertiary/aromatic N) is 1. The Morgan fingerprint density at radius 3 is 2.58 bits per heavy atom. The summed E-state index contributed by atoms with van der Waals surface area (Å²) in [4.78, 5) is 14.3. The summed E-state index contributed by atoms with van der Waals surface area (Å²) in [5.41, 5.74) is 2.20. The molecule has 104 valence electrons. The lowest BCUT2D eigenvalue weighted by Crippen LogP contribution is -2.29. The smallest absolute Gasteiger partial charge is 0.225 e. The first-order valence-electron chi connectivity index (χ1n) is 7.16. The van der Waals surface area contributed by atoms with Gasteiger partial charge in [0.15, 0.2) is 0 Å². The molecule has 0 spiro atoms. The Morgan fingerprint density at radius 2 is 2.05 bits per heavy atom. The van der Waals surface area contributed by atoms with Crippen molar-refractivity contribution in [1.29, 1.82) is 0 Å². The molecule has 0 aliphatic carbocycles. The van der Waals surface area contributed by atoms with Crippen LogP contribution in [0.5, 0.6) is 0 Å². The third-order valence-electron chi connectivity index (χ3n) is 3.95. The summed E-state index contributed by atoms with van der Waals surface area (Å²) in [6.07, 6.45) is 2.94. The maximum Gasteiger partial charge on any atom is 0.225 e. The fourth-order valence-corrected chi connectivity index (χ4v) is 2.61. The number of hydrogen-bond acceptors (Lipinski definition) is 2. The fourth-order valence-electron chi connectivity index (χ4n) is 2.61. The Morgan fingerprint density at radius 1 is 1.37 bits per heavy atom. The van der Waals surface area contributed by atoms with Crippen molar-refractivity contribution >= 4 is 11.6 Å². The molecule has 0 bridgehead atoms. The molecule has 2 rings (SSSR count). The second-order valence-electron chi connectivity index (χ2n) is 5.81. The topological polar surface area (TPSA) is 32.3 Å². The summed E-state index contributed by atoms with van der Waals surface area (Å²) in [6, 6.07) is 8.57. The maximum absolute atomic E-state index is 12.0. The van der Waals surface area contributed by atoms with Crippen molar-refractivity contribution in [3.63, 3.8) is 0 Å². The Balaban J connectivity index is 1.88. The third-order valence-corrected chi connectivity index (χ3v) is 3.95. The van der Waals surface area contributed by atoms with Crippen molar-refractivity contribution in [2.45, 2.75) is 45.1 Å². The summed E-state index contributed by atoms with van der Waals surface area (Å²) in [7, 11) is 2.10. The molecule has 1 unspecified atom stereocenters. The highest BCUT2D eigenvalue weighted by Crippen LogP contribution is 2.20. The van der Waals surface area contributed by atoms with Gasteiger partial charge < -0.3 is 10.2 Å². The Bertz CT molecular complexity index is 425. The minimum atomic E-state index is 0.121. The molecular weight excluding hydrogens is 236 g/mol. The SMILES string of the molecule is CC(C)c1ccc(NC(=O)CC2CCCN2C)cc1. The number of benzene rings is 1. The molecule has 3 heteroatoms. The van der Waals surface area contributed by atoms with Gasteiger partial charge in [0.2, 0.25) is 5.91 Å². The number of nitrogens with one attached hydrogen (secondary N) is 1. The quantitative estimate of drug-likeness (QED) is 0.901. The van der Waals surface area contributed by atoms with Crippen LogP contribution in [-0.2, 0) is 4.79 Å². The van der Waals surface area contributed by atoms with E-state index in [9.17, 15) is 4.79 Å². The summed E-state index contributed by atoms with van der Waals surface area (Å²) < 4.78 is 0. The second-order valence-corrected chi connectivity index (χ2v) is 5.81. The van der Waals surface area contributed by atoms with Crippen LogP contribution < -0.4 is 5.32 Å². The Kier molecular flexibility index (Phi) is 4.59. The van der Waals surface area contributed by atoms with Gasteiger partial charge in [-0.25, -0.2) is 0 Å². The molecule has 1 fully saturated rings. The standard InChI is InChI=1S/C16H24N2O/c1-12(2)13-6-8-14(9-7-13)17-16(19)11-15-5-4-10-18(15)3/h6-9,12,15H,4-5,10-11H2,1-3H3,(H,17,19). The molecule has 0 radical (unpaired) electrons. The molecule has 1 aromatic carbocycles. The molecule has 0 saturated carbocycles. The molecule has 1 aliphatic rings. The van der Waals surface area contributed by atoms with E-state index in [-0.39, 0.29) is 5.91 Å². The van der Waals surface area contributed by atoms with Gasteiger partial charge >= 0.3 is 0 Å². The molecule has 1 saturated heterocycles. The Labute approximate surface area is 116 Å². The lowest BCUT2D eigenvalue weighted by Gasteiger charge is -2.18. The van der Waals surface area contributed by atoms with Crippen LogP contribution in [0, 0.1) is 0 Å². The zero-order chi connectivity index (χ0) is 13.8. The molecular formula is C16H24N2O. The maximum atomic E-state index is 12.0. The predicted molar refractivity (Wildman–Crippen MR) is 79.4 cm³/mol. The Hall–Kier alpha value is -1.35. The number of likely N-dealkylation sites (tertiary alicyclic amines) is 1. The summed E-state index contributed by atoms with van der Waals surface area (Å²) in [5.74, 6) is 0.646. The summed E-state index contributed by atoms with van der Waals surface area (Å²) >= 11 is 0. The van der Waals surface area contributed by atoms with E-state index in [1.165, 1.54) is 12.0 Å². The molecule has 1 aromatic rings. The highest BCUT2D eigenvalue weighted by molar-refractivity contribution is 5.91.